The summed E-state index contributed by atoms with van der Waals surface area (Å²) in [6.07, 6.45) is 1.34. The Kier molecular flexibility index (Phi) is 3.22. The van der Waals surface area contributed by atoms with Gasteiger partial charge in [-0.2, -0.15) is 0 Å². The summed E-state index contributed by atoms with van der Waals surface area (Å²) in [5, 5.41) is 6.26. The van der Waals surface area contributed by atoms with Crippen molar-refractivity contribution in [1.82, 2.24) is 14.8 Å². The van der Waals surface area contributed by atoms with Crippen LogP contribution in [0.4, 0.5) is 16.0 Å². The monoisotopic (exact) mass is 249 g/mol. The predicted molar refractivity (Wildman–Crippen MR) is 64.2 cm³/mol. The first-order valence-corrected chi connectivity index (χ1v) is 5.26. The Morgan fingerprint density at radius 2 is 2.33 bits per heavy atom. The van der Waals surface area contributed by atoms with Crippen molar-refractivity contribution in [3.63, 3.8) is 0 Å². The molecule has 18 heavy (non-hydrogen) atoms. The smallest absolute Gasteiger partial charge is 0.246 e. The molecule has 2 rings (SSSR count). The normalized spacial score (nSPS) is 10.3. The molecule has 0 aliphatic heterocycles. The van der Waals surface area contributed by atoms with Crippen molar-refractivity contribution in [3.05, 3.63) is 35.9 Å². The lowest BCUT2D eigenvalue weighted by atomic mass is 10.2. The summed E-state index contributed by atoms with van der Waals surface area (Å²) in [4.78, 5) is 15.4. The van der Waals surface area contributed by atoms with Gasteiger partial charge in [-0.3, -0.25) is 4.79 Å². The van der Waals surface area contributed by atoms with Crippen LogP contribution in [0.15, 0.2) is 24.5 Å². The molecule has 0 aliphatic rings. The van der Waals surface area contributed by atoms with E-state index in [-0.39, 0.29) is 18.2 Å². The number of rotatable bonds is 3. The van der Waals surface area contributed by atoms with Crippen LogP contribution in [-0.4, -0.2) is 20.7 Å². The second-order valence-corrected chi connectivity index (χ2v) is 3.78. The lowest BCUT2D eigenvalue weighted by Crippen LogP contribution is -2.20. The molecule has 0 radical (unpaired) electrons. The maximum atomic E-state index is 13.5. The SMILES string of the molecule is Cc1cccc(F)c1NC(=O)Cn1cnc(N)n1. The zero-order chi connectivity index (χ0) is 13.1. The van der Waals surface area contributed by atoms with Crippen molar-refractivity contribution in [2.75, 3.05) is 11.1 Å². The Morgan fingerprint density at radius 3 is 2.94 bits per heavy atom. The third kappa shape index (κ3) is 2.62. The molecule has 2 aromatic rings. The van der Waals surface area contributed by atoms with Gasteiger partial charge < -0.3 is 11.1 Å². The summed E-state index contributed by atoms with van der Waals surface area (Å²) in [7, 11) is 0. The van der Waals surface area contributed by atoms with Gasteiger partial charge in [-0.15, -0.1) is 5.10 Å². The van der Waals surface area contributed by atoms with Crippen molar-refractivity contribution in [2.45, 2.75) is 13.5 Å². The third-order valence-corrected chi connectivity index (χ3v) is 2.35. The molecule has 0 saturated carbocycles. The number of hydrogen-bond donors (Lipinski definition) is 2. The van der Waals surface area contributed by atoms with E-state index in [1.807, 2.05) is 0 Å². The Morgan fingerprint density at radius 1 is 1.56 bits per heavy atom. The van der Waals surface area contributed by atoms with E-state index in [1.165, 1.54) is 17.1 Å². The van der Waals surface area contributed by atoms with Crippen molar-refractivity contribution in [2.24, 2.45) is 0 Å². The molecule has 0 saturated heterocycles. The fourth-order valence-electron chi connectivity index (χ4n) is 1.50. The van der Waals surface area contributed by atoms with Crippen molar-refractivity contribution >= 4 is 17.5 Å². The number of benzene rings is 1. The van der Waals surface area contributed by atoms with Gasteiger partial charge in [0.15, 0.2) is 0 Å². The fraction of sp³-hybridized carbons (Fsp3) is 0.182. The largest absolute Gasteiger partial charge is 0.367 e. The van der Waals surface area contributed by atoms with Gasteiger partial charge in [0.25, 0.3) is 0 Å². The van der Waals surface area contributed by atoms with Crippen LogP contribution in [0, 0.1) is 12.7 Å². The summed E-state index contributed by atoms with van der Waals surface area (Å²) < 4.78 is 14.8. The Hall–Kier alpha value is -2.44. The Labute approximate surface area is 103 Å². The van der Waals surface area contributed by atoms with Gasteiger partial charge in [-0.1, -0.05) is 12.1 Å². The average Bonchev–Trinajstić information content (AvgIpc) is 2.69. The second-order valence-electron chi connectivity index (χ2n) is 3.78. The maximum Gasteiger partial charge on any atom is 0.246 e. The van der Waals surface area contributed by atoms with Gasteiger partial charge in [0.1, 0.15) is 18.7 Å². The molecule has 94 valence electrons. The topological polar surface area (TPSA) is 85.8 Å². The number of para-hydroxylation sites is 1. The van der Waals surface area contributed by atoms with Gasteiger partial charge in [-0.25, -0.2) is 14.1 Å². The van der Waals surface area contributed by atoms with E-state index in [9.17, 15) is 9.18 Å². The lowest BCUT2D eigenvalue weighted by molar-refractivity contribution is -0.116. The molecular formula is C11H12FN5O. The molecule has 3 N–H and O–H groups in total. The minimum Gasteiger partial charge on any atom is -0.367 e. The van der Waals surface area contributed by atoms with E-state index in [0.717, 1.165) is 0 Å². The number of nitrogens with two attached hydrogens (primary N) is 1. The Bertz CT molecular complexity index is 560. The summed E-state index contributed by atoms with van der Waals surface area (Å²) in [5.74, 6) is -0.778. The second kappa shape index (κ2) is 4.82. The first kappa shape index (κ1) is 12.0. The van der Waals surface area contributed by atoms with Crippen LogP contribution < -0.4 is 11.1 Å². The number of amides is 1. The lowest BCUT2D eigenvalue weighted by Gasteiger charge is -2.09. The van der Waals surface area contributed by atoms with Gasteiger partial charge in [0.05, 0.1) is 5.69 Å². The number of carbonyl (C=O) groups excluding carboxylic acids is 1. The standard InChI is InChI=1S/C11H12FN5O/c1-7-3-2-4-8(12)10(7)15-9(18)5-17-6-14-11(13)16-17/h2-4,6H,5H2,1H3,(H2,13,16)(H,15,18). The predicted octanol–water partition coefficient (Wildman–Crippen LogP) is 0.947. The highest BCUT2D eigenvalue weighted by molar-refractivity contribution is 5.91. The zero-order valence-electron chi connectivity index (χ0n) is 9.72. The number of aromatic nitrogens is 3. The summed E-state index contributed by atoms with van der Waals surface area (Å²) >= 11 is 0. The molecular weight excluding hydrogens is 237 g/mol. The van der Waals surface area contributed by atoms with Gasteiger partial charge >= 0.3 is 0 Å². The number of nitrogens with one attached hydrogen (secondary N) is 1. The van der Waals surface area contributed by atoms with E-state index in [0.29, 0.717) is 5.56 Å². The van der Waals surface area contributed by atoms with Crippen LogP contribution in [0.25, 0.3) is 0 Å². The van der Waals surface area contributed by atoms with Crippen LogP contribution in [0.3, 0.4) is 0 Å². The quantitative estimate of drug-likeness (QED) is 0.847. The van der Waals surface area contributed by atoms with Crippen molar-refractivity contribution in [1.29, 1.82) is 0 Å². The molecule has 0 bridgehead atoms. The summed E-state index contributed by atoms with van der Waals surface area (Å²) in [6, 6.07) is 4.58. The van der Waals surface area contributed by atoms with Crippen molar-refractivity contribution < 1.29 is 9.18 Å². The number of nitrogen functional groups attached to an aromatic ring is 1. The van der Waals surface area contributed by atoms with Crippen LogP contribution in [0.2, 0.25) is 0 Å². The van der Waals surface area contributed by atoms with Crippen LogP contribution in [-0.2, 0) is 11.3 Å². The number of aryl methyl sites for hydroxylation is 1. The molecule has 1 heterocycles. The van der Waals surface area contributed by atoms with E-state index in [4.69, 9.17) is 5.73 Å². The van der Waals surface area contributed by atoms with E-state index < -0.39 is 11.7 Å². The molecule has 0 unspecified atom stereocenters. The average molecular weight is 249 g/mol. The van der Waals surface area contributed by atoms with Gasteiger partial charge in [0.2, 0.25) is 11.9 Å². The molecule has 7 heteroatoms. The molecule has 0 aliphatic carbocycles. The minimum absolute atomic E-state index is 0.0715. The van der Waals surface area contributed by atoms with Crippen LogP contribution >= 0.6 is 0 Å². The van der Waals surface area contributed by atoms with Gasteiger partial charge in [-0.05, 0) is 18.6 Å². The van der Waals surface area contributed by atoms with Crippen molar-refractivity contribution in [3.8, 4) is 0 Å². The highest BCUT2D eigenvalue weighted by atomic mass is 19.1. The molecule has 0 atom stereocenters. The number of hydrogen-bond acceptors (Lipinski definition) is 4. The Balaban J connectivity index is 2.08. The molecule has 1 aromatic carbocycles. The molecule has 0 fully saturated rings. The summed E-state index contributed by atoms with van der Waals surface area (Å²) in [5.41, 5.74) is 6.15. The first-order chi connectivity index (χ1) is 8.56. The number of halogens is 1. The number of anilines is 2. The van der Waals surface area contributed by atoms with Crippen LogP contribution in [0.5, 0.6) is 0 Å². The molecule has 0 spiro atoms. The third-order valence-electron chi connectivity index (χ3n) is 2.35. The van der Waals surface area contributed by atoms with E-state index >= 15 is 0 Å². The van der Waals surface area contributed by atoms with Crippen LogP contribution in [0.1, 0.15) is 5.56 Å². The summed E-state index contributed by atoms with van der Waals surface area (Å²) in [6.45, 7) is 1.64. The highest BCUT2D eigenvalue weighted by Gasteiger charge is 2.10. The minimum atomic E-state index is -0.471. The first-order valence-electron chi connectivity index (χ1n) is 5.26. The molecule has 6 nitrogen and oxygen atoms in total. The molecule has 1 aromatic heterocycles. The van der Waals surface area contributed by atoms with E-state index in [2.05, 4.69) is 15.4 Å². The van der Waals surface area contributed by atoms with Gasteiger partial charge in [0, 0.05) is 0 Å². The van der Waals surface area contributed by atoms with E-state index in [1.54, 1.807) is 19.1 Å². The zero-order valence-corrected chi connectivity index (χ0v) is 9.72. The fourth-order valence-corrected chi connectivity index (χ4v) is 1.50. The number of carbonyl (C=O) groups is 1. The molecule has 1 amide bonds. The number of nitrogens with zero attached hydrogens (tertiary/aromatic N) is 3. The maximum absolute atomic E-state index is 13.5. The highest BCUT2D eigenvalue weighted by Crippen LogP contribution is 2.18.